The van der Waals surface area contributed by atoms with Gasteiger partial charge < -0.3 is 14.5 Å². The minimum Gasteiger partial charge on any atom is -0.486 e. The van der Waals surface area contributed by atoms with Gasteiger partial charge in [-0.05, 0) is 25.5 Å². The molecule has 0 aliphatic carbocycles. The van der Waals surface area contributed by atoms with Crippen LogP contribution in [0.25, 0.3) is 22.2 Å². The molecule has 23 heavy (non-hydrogen) atoms. The highest BCUT2D eigenvalue weighted by Crippen LogP contribution is 2.34. The van der Waals surface area contributed by atoms with Gasteiger partial charge in [0.25, 0.3) is 0 Å². The molecule has 116 valence electrons. The molecule has 0 radical (unpaired) electrons. The molecule has 2 aromatic carbocycles. The first-order valence-electron chi connectivity index (χ1n) is 7.67. The summed E-state index contributed by atoms with van der Waals surface area (Å²) in [5, 5.41) is 0.627. The van der Waals surface area contributed by atoms with Gasteiger partial charge in [0.1, 0.15) is 13.2 Å². The van der Waals surface area contributed by atoms with E-state index >= 15 is 0 Å². The Kier molecular flexibility index (Phi) is 3.11. The fourth-order valence-corrected chi connectivity index (χ4v) is 2.93. The molecule has 4 heteroatoms. The Bertz CT molecular complexity index is 955. The monoisotopic (exact) mass is 307 g/mol. The average Bonchev–Trinajstić information content (AvgIpc) is 2.58. The number of hydrogen-bond donors (Lipinski definition) is 1. The van der Waals surface area contributed by atoms with Gasteiger partial charge in [0, 0.05) is 17.0 Å². The highest BCUT2D eigenvalue weighted by Gasteiger charge is 2.16. The first-order chi connectivity index (χ1) is 11.1. The van der Waals surface area contributed by atoms with Crippen LogP contribution < -0.4 is 14.9 Å². The zero-order valence-electron chi connectivity index (χ0n) is 13.1. The normalized spacial score (nSPS) is 13.3. The molecule has 4 nitrogen and oxygen atoms in total. The summed E-state index contributed by atoms with van der Waals surface area (Å²) in [6, 6.07) is 11.8. The second kappa shape index (κ2) is 5.16. The van der Waals surface area contributed by atoms with Crippen LogP contribution in [0.1, 0.15) is 11.1 Å². The number of hydrogen-bond acceptors (Lipinski definition) is 3. The molecule has 0 atom stereocenters. The van der Waals surface area contributed by atoms with Crippen LogP contribution in [0.4, 0.5) is 0 Å². The predicted octanol–water partition coefficient (Wildman–Crippen LogP) is 3.58. The van der Waals surface area contributed by atoms with Gasteiger partial charge in [-0.15, -0.1) is 0 Å². The summed E-state index contributed by atoms with van der Waals surface area (Å²) in [4.78, 5) is 16.1. The zero-order chi connectivity index (χ0) is 16.0. The van der Waals surface area contributed by atoms with Crippen molar-refractivity contribution in [3.8, 4) is 22.8 Å². The first-order valence-corrected chi connectivity index (χ1v) is 7.67. The average molecular weight is 307 g/mol. The number of rotatable bonds is 1. The standard InChI is InChI=1S/C19H17NO3/c1-11-3-5-13(6-4-11)18-12(2)19(21)14-9-16-17(10-15(14)20-18)23-8-7-22-16/h3-6,9-10H,7-8H2,1-2H3,(H,20,21). The van der Waals surface area contributed by atoms with E-state index in [1.54, 1.807) is 6.07 Å². The van der Waals surface area contributed by atoms with Crippen LogP contribution >= 0.6 is 0 Å². The lowest BCUT2D eigenvalue weighted by Gasteiger charge is -2.19. The van der Waals surface area contributed by atoms with Gasteiger partial charge in [-0.25, -0.2) is 0 Å². The smallest absolute Gasteiger partial charge is 0.193 e. The molecule has 0 unspecified atom stereocenters. The van der Waals surface area contributed by atoms with E-state index < -0.39 is 0 Å². The van der Waals surface area contributed by atoms with Crippen LogP contribution in [0.15, 0.2) is 41.2 Å². The van der Waals surface area contributed by atoms with Gasteiger partial charge in [0.05, 0.1) is 11.2 Å². The molecular weight excluding hydrogens is 290 g/mol. The predicted molar refractivity (Wildman–Crippen MR) is 90.5 cm³/mol. The highest BCUT2D eigenvalue weighted by atomic mass is 16.6. The SMILES string of the molecule is Cc1ccc(-c2[nH]c3cc4c(cc3c(=O)c2C)OCCO4)cc1. The highest BCUT2D eigenvalue weighted by molar-refractivity contribution is 5.86. The quantitative estimate of drug-likeness (QED) is 0.747. The molecule has 2 heterocycles. The van der Waals surface area contributed by atoms with Gasteiger partial charge >= 0.3 is 0 Å². The molecule has 0 saturated heterocycles. The first kappa shape index (κ1) is 13.9. The number of benzene rings is 2. The molecule has 0 bridgehead atoms. The number of aryl methyl sites for hydroxylation is 1. The molecule has 0 saturated carbocycles. The Morgan fingerprint density at radius 2 is 1.61 bits per heavy atom. The van der Waals surface area contributed by atoms with Crippen molar-refractivity contribution in [1.29, 1.82) is 0 Å². The molecule has 1 aliphatic rings. The molecule has 1 N–H and O–H groups in total. The number of ether oxygens (including phenoxy) is 2. The number of aromatic nitrogens is 1. The van der Waals surface area contributed by atoms with E-state index in [0.717, 1.165) is 16.8 Å². The number of aromatic amines is 1. The summed E-state index contributed by atoms with van der Waals surface area (Å²) < 4.78 is 11.2. The third-order valence-electron chi connectivity index (χ3n) is 4.24. The summed E-state index contributed by atoms with van der Waals surface area (Å²) in [6.45, 7) is 4.93. The Hall–Kier alpha value is -2.75. The van der Waals surface area contributed by atoms with Gasteiger partial charge in [0.15, 0.2) is 16.9 Å². The molecule has 0 spiro atoms. The molecule has 1 aliphatic heterocycles. The number of H-pyrrole nitrogens is 1. The van der Waals surface area contributed by atoms with Crippen molar-refractivity contribution >= 4 is 10.9 Å². The molecule has 4 rings (SSSR count). The van der Waals surface area contributed by atoms with Gasteiger partial charge in [0.2, 0.25) is 0 Å². The van der Waals surface area contributed by atoms with Crippen LogP contribution in [-0.2, 0) is 0 Å². The number of pyridine rings is 1. The van der Waals surface area contributed by atoms with E-state index in [4.69, 9.17) is 9.47 Å². The third kappa shape index (κ3) is 2.27. The van der Waals surface area contributed by atoms with E-state index in [1.165, 1.54) is 5.56 Å². The van der Waals surface area contributed by atoms with Crippen molar-refractivity contribution < 1.29 is 9.47 Å². The summed E-state index contributed by atoms with van der Waals surface area (Å²) in [6.07, 6.45) is 0. The Morgan fingerprint density at radius 1 is 0.957 bits per heavy atom. The van der Waals surface area contributed by atoms with Crippen molar-refractivity contribution in [2.24, 2.45) is 0 Å². The molecule has 0 fully saturated rings. The second-order valence-corrected chi connectivity index (χ2v) is 5.86. The maximum atomic E-state index is 12.8. The van der Waals surface area contributed by atoms with E-state index in [0.29, 0.717) is 35.7 Å². The van der Waals surface area contributed by atoms with Crippen molar-refractivity contribution in [3.05, 3.63) is 57.7 Å². The summed E-state index contributed by atoms with van der Waals surface area (Å²) in [5.74, 6) is 1.31. The van der Waals surface area contributed by atoms with E-state index in [9.17, 15) is 4.79 Å². The van der Waals surface area contributed by atoms with Gasteiger partial charge in [-0.1, -0.05) is 29.8 Å². The summed E-state index contributed by atoms with van der Waals surface area (Å²) >= 11 is 0. The lowest BCUT2D eigenvalue weighted by atomic mass is 10.0. The topological polar surface area (TPSA) is 51.3 Å². The number of nitrogens with one attached hydrogen (secondary N) is 1. The number of fused-ring (bicyclic) bond motifs is 2. The van der Waals surface area contributed by atoms with Crippen molar-refractivity contribution in [2.75, 3.05) is 13.2 Å². The molecule has 1 aromatic heterocycles. The molecule has 0 amide bonds. The maximum absolute atomic E-state index is 12.8. The Morgan fingerprint density at radius 3 is 2.30 bits per heavy atom. The summed E-state index contributed by atoms with van der Waals surface area (Å²) in [5.41, 5.74) is 4.53. The van der Waals surface area contributed by atoms with E-state index in [1.807, 2.05) is 44.2 Å². The van der Waals surface area contributed by atoms with Crippen LogP contribution in [0, 0.1) is 13.8 Å². The van der Waals surface area contributed by atoms with Crippen LogP contribution in [0.3, 0.4) is 0 Å². The Balaban J connectivity index is 1.98. The van der Waals surface area contributed by atoms with Gasteiger partial charge in [-0.2, -0.15) is 0 Å². The third-order valence-corrected chi connectivity index (χ3v) is 4.24. The van der Waals surface area contributed by atoms with Crippen LogP contribution in [0.5, 0.6) is 11.5 Å². The van der Waals surface area contributed by atoms with Crippen molar-refractivity contribution in [3.63, 3.8) is 0 Å². The second-order valence-electron chi connectivity index (χ2n) is 5.86. The maximum Gasteiger partial charge on any atom is 0.193 e. The van der Waals surface area contributed by atoms with E-state index in [-0.39, 0.29) is 5.43 Å². The molecular formula is C19H17NO3. The van der Waals surface area contributed by atoms with Gasteiger partial charge in [-0.3, -0.25) is 4.79 Å². The van der Waals surface area contributed by atoms with E-state index in [2.05, 4.69) is 4.98 Å². The minimum atomic E-state index is 0.0197. The Labute approximate surface area is 133 Å². The lowest BCUT2D eigenvalue weighted by molar-refractivity contribution is 0.172. The lowest BCUT2D eigenvalue weighted by Crippen LogP contribution is -2.16. The van der Waals surface area contributed by atoms with Crippen LogP contribution in [-0.4, -0.2) is 18.2 Å². The zero-order valence-corrected chi connectivity index (χ0v) is 13.1. The fourth-order valence-electron chi connectivity index (χ4n) is 2.93. The van der Waals surface area contributed by atoms with Crippen LogP contribution in [0.2, 0.25) is 0 Å². The largest absolute Gasteiger partial charge is 0.486 e. The fraction of sp³-hybridized carbons (Fsp3) is 0.211. The summed E-state index contributed by atoms with van der Waals surface area (Å²) in [7, 11) is 0. The van der Waals surface area contributed by atoms with Crippen molar-refractivity contribution in [1.82, 2.24) is 4.98 Å². The van der Waals surface area contributed by atoms with Crippen molar-refractivity contribution in [2.45, 2.75) is 13.8 Å². The minimum absolute atomic E-state index is 0.0197. The molecule has 3 aromatic rings.